The molecule has 0 radical (unpaired) electrons. The summed E-state index contributed by atoms with van der Waals surface area (Å²) in [4.78, 5) is 12.7. The van der Waals surface area contributed by atoms with Crippen molar-refractivity contribution < 1.29 is 14.3 Å². The number of aromatic amines is 1. The van der Waals surface area contributed by atoms with Crippen LogP contribution in [0.25, 0.3) is 11.4 Å². The summed E-state index contributed by atoms with van der Waals surface area (Å²) >= 11 is 5.38. The molecule has 0 aliphatic heterocycles. The number of ether oxygens (including phenoxy) is 2. The first-order chi connectivity index (χ1) is 16.6. The first-order valence-electron chi connectivity index (χ1n) is 10.9. The molecule has 4 rings (SSSR count). The Balaban J connectivity index is 1.44. The van der Waals surface area contributed by atoms with E-state index in [1.165, 1.54) is 5.56 Å². The van der Waals surface area contributed by atoms with Gasteiger partial charge in [-0.15, -0.1) is 0 Å². The second kappa shape index (κ2) is 10.8. The molecule has 0 unspecified atom stereocenters. The second-order valence-corrected chi connectivity index (χ2v) is 8.11. The Labute approximate surface area is 203 Å². The van der Waals surface area contributed by atoms with Gasteiger partial charge in [-0.05, 0) is 60.2 Å². The SMILES string of the molecule is COc1ccc(-c2n[nH]c(=S)n2CCC(=O)Nc2ccc(OC)c(Cc3ccccc3)c2)cc1. The standard InChI is InChI=1S/C26H26N4O3S/c1-32-22-11-8-19(9-12-22)25-28-29-26(34)30(25)15-14-24(31)27-21-10-13-23(33-2)20(17-21)16-18-6-4-3-5-7-18/h3-13,17H,14-16H2,1-2H3,(H,27,31)(H,29,34). The van der Waals surface area contributed by atoms with E-state index in [0.29, 0.717) is 23.6 Å². The molecular weight excluding hydrogens is 448 g/mol. The fraction of sp³-hybridized carbons (Fsp3) is 0.192. The smallest absolute Gasteiger partial charge is 0.226 e. The van der Waals surface area contributed by atoms with Gasteiger partial charge in [-0.25, -0.2) is 0 Å². The molecule has 174 valence electrons. The van der Waals surface area contributed by atoms with Crippen molar-refractivity contribution in [3.63, 3.8) is 0 Å². The lowest BCUT2D eigenvalue weighted by atomic mass is 10.0. The van der Waals surface area contributed by atoms with Crippen LogP contribution in [-0.2, 0) is 17.8 Å². The van der Waals surface area contributed by atoms with Crippen LogP contribution >= 0.6 is 12.2 Å². The van der Waals surface area contributed by atoms with Crippen LogP contribution in [-0.4, -0.2) is 34.9 Å². The lowest BCUT2D eigenvalue weighted by Crippen LogP contribution is -2.15. The molecule has 0 saturated carbocycles. The van der Waals surface area contributed by atoms with Gasteiger partial charge in [0, 0.05) is 36.2 Å². The van der Waals surface area contributed by atoms with Crippen molar-refractivity contribution in [2.45, 2.75) is 19.4 Å². The van der Waals surface area contributed by atoms with Crippen LogP contribution < -0.4 is 14.8 Å². The maximum atomic E-state index is 12.7. The third kappa shape index (κ3) is 5.52. The van der Waals surface area contributed by atoms with E-state index in [1.807, 2.05) is 65.2 Å². The summed E-state index contributed by atoms with van der Waals surface area (Å²) in [7, 11) is 3.27. The van der Waals surface area contributed by atoms with Crippen LogP contribution in [0.1, 0.15) is 17.5 Å². The van der Waals surface area contributed by atoms with E-state index in [9.17, 15) is 4.79 Å². The molecule has 3 aromatic carbocycles. The average Bonchev–Trinajstić information content (AvgIpc) is 3.24. The Morgan fingerprint density at radius 3 is 2.50 bits per heavy atom. The number of nitrogens with zero attached hydrogens (tertiary/aromatic N) is 2. The molecule has 2 N–H and O–H groups in total. The molecule has 0 spiro atoms. The zero-order valence-corrected chi connectivity index (χ0v) is 19.9. The number of H-pyrrole nitrogens is 1. The molecule has 0 saturated heterocycles. The molecule has 7 nitrogen and oxygen atoms in total. The highest BCUT2D eigenvalue weighted by molar-refractivity contribution is 7.71. The Morgan fingerprint density at radius 2 is 1.79 bits per heavy atom. The molecule has 1 aromatic heterocycles. The molecule has 0 aliphatic carbocycles. The quantitative estimate of drug-likeness (QED) is 0.324. The van der Waals surface area contributed by atoms with Gasteiger partial charge in [0.1, 0.15) is 11.5 Å². The van der Waals surface area contributed by atoms with Crippen molar-refractivity contribution in [1.29, 1.82) is 0 Å². The molecule has 1 heterocycles. The molecule has 0 bridgehead atoms. The van der Waals surface area contributed by atoms with Gasteiger partial charge in [-0.3, -0.25) is 14.5 Å². The topological polar surface area (TPSA) is 81.2 Å². The highest BCUT2D eigenvalue weighted by atomic mass is 32.1. The lowest BCUT2D eigenvalue weighted by Gasteiger charge is -2.12. The van der Waals surface area contributed by atoms with Crippen molar-refractivity contribution in [1.82, 2.24) is 14.8 Å². The normalized spacial score (nSPS) is 10.6. The molecule has 0 aliphatic rings. The van der Waals surface area contributed by atoms with E-state index in [4.69, 9.17) is 21.7 Å². The summed E-state index contributed by atoms with van der Waals surface area (Å²) in [5, 5.41) is 10.1. The number of carbonyl (C=O) groups is 1. The van der Waals surface area contributed by atoms with Crippen LogP contribution in [0, 0.1) is 4.77 Å². The van der Waals surface area contributed by atoms with Crippen molar-refractivity contribution in [2.24, 2.45) is 0 Å². The number of hydrogen-bond acceptors (Lipinski definition) is 5. The fourth-order valence-electron chi connectivity index (χ4n) is 3.73. The zero-order valence-electron chi connectivity index (χ0n) is 19.1. The fourth-order valence-corrected chi connectivity index (χ4v) is 3.96. The predicted molar refractivity (Wildman–Crippen MR) is 135 cm³/mol. The van der Waals surface area contributed by atoms with Gasteiger partial charge in [0.25, 0.3) is 0 Å². The van der Waals surface area contributed by atoms with Crippen molar-refractivity contribution >= 4 is 23.8 Å². The van der Waals surface area contributed by atoms with Gasteiger partial charge >= 0.3 is 0 Å². The summed E-state index contributed by atoms with van der Waals surface area (Å²) in [6, 6.07) is 23.4. The summed E-state index contributed by atoms with van der Waals surface area (Å²) in [6.07, 6.45) is 0.959. The Morgan fingerprint density at radius 1 is 1.03 bits per heavy atom. The summed E-state index contributed by atoms with van der Waals surface area (Å²) < 4.78 is 13.0. The van der Waals surface area contributed by atoms with E-state index in [-0.39, 0.29) is 12.3 Å². The van der Waals surface area contributed by atoms with Crippen molar-refractivity contribution in [2.75, 3.05) is 19.5 Å². The van der Waals surface area contributed by atoms with E-state index in [0.717, 1.165) is 28.3 Å². The minimum absolute atomic E-state index is 0.111. The number of amides is 1. The summed E-state index contributed by atoms with van der Waals surface area (Å²) in [5.41, 5.74) is 3.78. The van der Waals surface area contributed by atoms with E-state index < -0.39 is 0 Å². The number of nitrogens with one attached hydrogen (secondary N) is 2. The number of hydrogen-bond donors (Lipinski definition) is 2. The van der Waals surface area contributed by atoms with Gasteiger partial charge in [0.2, 0.25) is 5.91 Å². The average molecular weight is 475 g/mol. The molecule has 34 heavy (non-hydrogen) atoms. The van der Waals surface area contributed by atoms with Gasteiger partial charge in [-0.1, -0.05) is 30.3 Å². The van der Waals surface area contributed by atoms with Gasteiger partial charge in [-0.2, -0.15) is 5.10 Å². The minimum atomic E-state index is -0.111. The molecule has 0 fully saturated rings. The molecule has 0 atom stereocenters. The van der Waals surface area contributed by atoms with Crippen LogP contribution in [0.5, 0.6) is 11.5 Å². The number of rotatable bonds is 9. The Kier molecular flexibility index (Phi) is 7.39. The van der Waals surface area contributed by atoms with Crippen LogP contribution in [0.15, 0.2) is 72.8 Å². The molecule has 4 aromatic rings. The van der Waals surface area contributed by atoms with Gasteiger partial charge in [0.05, 0.1) is 14.2 Å². The predicted octanol–water partition coefficient (Wildman–Crippen LogP) is 5.24. The Bertz CT molecular complexity index is 1310. The molecule has 8 heteroatoms. The minimum Gasteiger partial charge on any atom is -0.497 e. The number of aromatic nitrogens is 3. The highest BCUT2D eigenvalue weighted by Gasteiger charge is 2.12. The summed E-state index contributed by atoms with van der Waals surface area (Å²) in [5.74, 6) is 2.11. The van der Waals surface area contributed by atoms with E-state index in [1.54, 1.807) is 14.2 Å². The molecule has 1 amide bonds. The maximum absolute atomic E-state index is 12.7. The number of methoxy groups -OCH3 is 2. The molecular formula is C26H26N4O3S. The first kappa shape index (κ1) is 23.3. The Hall–Kier alpha value is -3.91. The number of anilines is 1. The van der Waals surface area contributed by atoms with E-state index in [2.05, 4.69) is 27.6 Å². The zero-order chi connectivity index (χ0) is 23.9. The largest absolute Gasteiger partial charge is 0.497 e. The maximum Gasteiger partial charge on any atom is 0.226 e. The van der Waals surface area contributed by atoms with Crippen LogP contribution in [0.4, 0.5) is 5.69 Å². The van der Waals surface area contributed by atoms with Crippen LogP contribution in [0.2, 0.25) is 0 Å². The van der Waals surface area contributed by atoms with Crippen molar-refractivity contribution in [3.05, 3.63) is 88.7 Å². The van der Waals surface area contributed by atoms with Crippen molar-refractivity contribution in [3.8, 4) is 22.9 Å². The lowest BCUT2D eigenvalue weighted by molar-refractivity contribution is -0.116. The third-order valence-corrected chi connectivity index (χ3v) is 5.78. The monoisotopic (exact) mass is 474 g/mol. The first-order valence-corrected chi connectivity index (χ1v) is 11.3. The number of carbonyl (C=O) groups excluding carboxylic acids is 1. The third-order valence-electron chi connectivity index (χ3n) is 5.47. The van der Waals surface area contributed by atoms with Gasteiger partial charge < -0.3 is 14.8 Å². The van der Waals surface area contributed by atoms with Gasteiger partial charge in [0.15, 0.2) is 10.6 Å². The number of benzene rings is 3. The highest BCUT2D eigenvalue weighted by Crippen LogP contribution is 2.26. The summed E-state index contributed by atoms with van der Waals surface area (Å²) in [6.45, 7) is 0.398. The van der Waals surface area contributed by atoms with E-state index >= 15 is 0 Å². The second-order valence-electron chi connectivity index (χ2n) is 7.72. The van der Waals surface area contributed by atoms with Crippen LogP contribution in [0.3, 0.4) is 0 Å².